The highest BCUT2D eigenvalue weighted by Crippen LogP contribution is 2.22. The molecule has 1 aromatic heterocycles. The van der Waals surface area contributed by atoms with Crippen molar-refractivity contribution in [3.05, 3.63) is 64.7 Å². The molecule has 0 aliphatic heterocycles. The van der Waals surface area contributed by atoms with Gasteiger partial charge in [0, 0.05) is 20.1 Å². The molecule has 28 heavy (non-hydrogen) atoms. The van der Waals surface area contributed by atoms with Crippen molar-refractivity contribution in [2.24, 2.45) is 0 Å². The highest BCUT2D eigenvalue weighted by molar-refractivity contribution is 7.18. The van der Waals surface area contributed by atoms with Crippen molar-refractivity contribution < 1.29 is 4.79 Å². The number of hydrogen-bond donors (Lipinski definition) is 1. The van der Waals surface area contributed by atoms with Crippen LogP contribution in [0.25, 0.3) is 10.2 Å². The van der Waals surface area contributed by atoms with Crippen LogP contribution in [0.15, 0.2) is 48.5 Å². The molecule has 3 rings (SSSR count). The molecule has 2 amide bonds. The summed E-state index contributed by atoms with van der Waals surface area (Å²) in [5, 5.41) is 3.99. The van der Waals surface area contributed by atoms with E-state index < -0.39 is 0 Å². The highest BCUT2D eigenvalue weighted by Gasteiger charge is 2.13. The van der Waals surface area contributed by atoms with Gasteiger partial charge in [0.05, 0.1) is 16.8 Å². The Balaban J connectivity index is 1.59. The fourth-order valence-corrected chi connectivity index (χ4v) is 4.16. The average Bonchev–Trinajstić information content (AvgIpc) is 3.13. The second-order valence-electron chi connectivity index (χ2n) is 6.82. The van der Waals surface area contributed by atoms with Crippen LogP contribution in [0.5, 0.6) is 0 Å². The van der Waals surface area contributed by atoms with Gasteiger partial charge in [0.15, 0.2) is 0 Å². The maximum absolute atomic E-state index is 12.6. The van der Waals surface area contributed by atoms with E-state index in [2.05, 4.69) is 53.3 Å². The number of nitrogens with one attached hydrogen (secondary N) is 1. The summed E-state index contributed by atoms with van der Waals surface area (Å²) in [5.74, 6) is 0. The third-order valence-electron chi connectivity index (χ3n) is 4.89. The summed E-state index contributed by atoms with van der Waals surface area (Å²) in [5.41, 5.74) is 3.41. The molecule has 6 heteroatoms. The first kappa shape index (κ1) is 20.3. The Kier molecular flexibility index (Phi) is 7.01. The Morgan fingerprint density at radius 2 is 1.68 bits per heavy atom. The van der Waals surface area contributed by atoms with Crippen LogP contribution in [0.3, 0.4) is 0 Å². The Morgan fingerprint density at radius 3 is 2.39 bits per heavy atom. The van der Waals surface area contributed by atoms with Crippen LogP contribution < -0.4 is 5.32 Å². The number of fused-ring (bicyclic) bond motifs is 1. The summed E-state index contributed by atoms with van der Waals surface area (Å²) in [4.78, 5) is 21.2. The van der Waals surface area contributed by atoms with Crippen LogP contribution in [-0.2, 0) is 19.6 Å². The van der Waals surface area contributed by atoms with Crippen LogP contribution in [0.1, 0.15) is 30.0 Å². The molecule has 2 aromatic carbocycles. The fraction of sp³-hybridized carbons (Fsp3) is 0.364. The maximum atomic E-state index is 12.6. The second kappa shape index (κ2) is 9.66. The van der Waals surface area contributed by atoms with Gasteiger partial charge in [-0.3, -0.25) is 4.90 Å². The Bertz CT molecular complexity index is 887. The van der Waals surface area contributed by atoms with Crippen LogP contribution in [0.2, 0.25) is 0 Å². The molecule has 148 valence electrons. The zero-order chi connectivity index (χ0) is 19.9. The standard InChI is InChI=1S/C22H28N4OS/c1-4-26(5-2)15-18-11-7-6-10-17(18)14-23-22(27)25(3)16-21-24-19-12-8-9-13-20(19)28-21/h6-13H,4-5,14-16H2,1-3H3,(H,23,27). The first-order chi connectivity index (χ1) is 13.6. The summed E-state index contributed by atoms with van der Waals surface area (Å²) in [7, 11) is 1.81. The molecule has 0 fully saturated rings. The van der Waals surface area contributed by atoms with Gasteiger partial charge in [-0.05, 0) is 36.3 Å². The van der Waals surface area contributed by atoms with Gasteiger partial charge in [-0.2, -0.15) is 0 Å². The number of urea groups is 1. The number of hydrogen-bond acceptors (Lipinski definition) is 4. The minimum Gasteiger partial charge on any atom is -0.334 e. The molecule has 0 radical (unpaired) electrons. The molecule has 1 N–H and O–H groups in total. The summed E-state index contributed by atoms with van der Waals surface area (Å²) >= 11 is 1.63. The summed E-state index contributed by atoms with van der Waals surface area (Å²) in [6, 6.07) is 16.3. The zero-order valence-electron chi connectivity index (χ0n) is 16.8. The van der Waals surface area contributed by atoms with Gasteiger partial charge in [-0.15, -0.1) is 11.3 Å². The lowest BCUT2D eigenvalue weighted by Crippen LogP contribution is -2.36. The molecule has 0 bridgehead atoms. The monoisotopic (exact) mass is 396 g/mol. The number of aromatic nitrogens is 1. The number of carbonyl (C=O) groups is 1. The molecule has 0 spiro atoms. The van der Waals surface area contributed by atoms with Crippen LogP contribution in [0, 0.1) is 0 Å². The fourth-order valence-electron chi connectivity index (χ4n) is 3.14. The van der Waals surface area contributed by atoms with Gasteiger partial charge in [0.1, 0.15) is 5.01 Å². The average molecular weight is 397 g/mol. The zero-order valence-corrected chi connectivity index (χ0v) is 17.6. The predicted molar refractivity (Wildman–Crippen MR) is 116 cm³/mol. The third-order valence-corrected chi connectivity index (χ3v) is 5.92. The molecule has 0 saturated carbocycles. The lowest BCUT2D eigenvalue weighted by atomic mass is 10.1. The van der Waals surface area contributed by atoms with Crippen LogP contribution in [-0.4, -0.2) is 41.0 Å². The van der Waals surface area contributed by atoms with Crippen molar-refractivity contribution in [1.29, 1.82) is 0 Å². The summed E-state index contributed by atoms with van der Waals surface area (Å²) in [6.07, 6.45) is 0. The topological polar surface area (TPSA) is 48.5 Å². The molecule has 0 unspecified atom stereocenters. The number of carbonyl (C=O) groups excluding carboxylic acids is 1. The number of amides is 2. The van der Waals surface area contributed by atoms with E-state index in [9.17, 15) is 4.79 Å². The van der Waals surface area contributed by atoms with Gasteiger partial charge in [-0.25, -0.2) is 9.78 Å². The normalized spacial score (nSPS) is 11.1. The number of para-hydroxylation sites is 1. The van der Waals surface area contributed by atoms with Crippen LogP contribution in [0.4, 0.5) is 4.79 Å². The summed E-state index contributed by atoms with van der Waals surface area (Å²) in [6.45, 7) is 8.31. The van der Waals surface area contributed by atoms with Crippen molar-refractivity contribution in [3.63, 3.8) is 0 Å². The second-order valence-corrected chi connectivity index (χ2v) is 7.94. The number of nitrogens with zero attached hydrogens (tertiary/aromatic N) is 3. The van der Waals surface area contributed by atoms with Crippen LogP contribution >= 0.6 is 11.3 Å². The Morgan fingerprint density at radius 1 is 1.00 bits per heavy atom. The molecule has 0 saturated heterocycles. The quantitative estimate of drug-likeness (QED) is 0.611. The molecule has 3 aromatic rings. The van der Waals surface area contributed by atoms with Gasteiger partial charge < -0.3 is 10.2 Å². The van der Waals surface area contributed by atoms with Gasteiger partial charge in [0.25, 0.3) is 0 Å². The number of thiazole rings is 1. The van der Waals surface area contributed by atoms with Gasteiger partial charge in [0.2, 0.25) is 0 Å². The predicted octanol–water partition coefficient (Wildman–Crippen LogP) is 4.48. The molecular weight excluding hydrogens is 368 g/mol. The van der Waals surface area contributed by atoms with Gasteiger partial charge >= 0.3 is 6.03 Å². The minimum atomic E-state index is -0.0862. The van der Waals surface area contributed by atoms with Crippen molar-refractivity contribution >= 4 is 27.6 Å². The lowest BCUT2D eigenvalue weighted by molar-refractivity contribution is 0.206. The lowest BCUT2D eigenvalue weighted by Gasteiger charge is -2.21. The van der Waals surface area contributed by atoms with E-state index in [1.165, 1.54) is 5.56 Å². The molecule has 5 nitrogen and oxygen atoms in total. The SMILES string of the molecule is CCN(CC)Cc1ccccc1CNC(=O)N(C)Cc1nc2ccccc2s1. The van der Waals surface area contributed by atoms with E-state index in [0.717, 1.165) is 40.4 Å². The third kappa shape index (κ3) is 5.09. The van der Waals surface area contributed by atoms with E-state index in [1.54, 1.807) is 16.2 Å². The summed E-state index contributed by atoms with van der Waals surface area (Å²) < 4.78 is 1.15. The van der Waals surface area contributed by atoms with Crippen molar-refractivity contribution in [3.8, 4) is 0 Å². The first-order valence-corrected chi connectivity index (χ1v) is 10.5. The van der Waals surface area contributed by atoms with E-state index in [-0.39, 0.29) is 6.03 Å². The number of benzene rings is 2. The van der Waals surface area contributed by atoms with Crippen molar-refractivity contribution in [2.45, 2.75) is 33.5 Å². The van der Waals surface area contributed by atoms with E-state index in [0.29, 0.717) is 13.1 Å². The highest BCUT2D eigenvalue weighted by atomic mass is 32.1. The molecule has 0 atom stereocenters. The molecule has 1 heterocycles. The van der Waals surface area contributed by atoms with Crippen molar-refractivity contribution in [2.75, 3.05) is 20.1 Å². The van der Waals surface area contributed by atoms with E-state index in [1.807, 2.05) is 31.3 Å². The minimum absolute atomic E-state index is 0.0862. The Labute approximate surface area is 171 Å². The largest absolute Gasteiger partial charge is 0.334 e. The first-order valence-electron chi connectivity index (χ1n) is 9.73. The smallest absolute Gasteiger partial charge is 0.317 e. The van der Waals surface area contributed by atoms with Gasteiger partial charge in [-0.1, -0.05) is 50.2 Å². The van der Waals surface area contributed by atoms with E-state index >= 15 is 0 Å². The molecule has 0 aliphatic rings. The Hall–Kier alpha value is -2.44. The van der Waals surface area contributed by atoms with E-state index in [4.69, 9.17) is 0 Å². The molecule has 0 aliphatic carbocycles. The number of rotatable bonds is 8. The van der Waals surface area contributed by atoms with Crippen molar-refractivity contribution in [1.82, 2.24) is 20.1 Å². The molecular formula is C22H28N4OS. The maximum Gasteiger partial charge on any atom is 0.317 e.